The predicted octanol–water partition coefficient (Wildman–Crippen LogP) is 0.989. The number of carbonyl (C=O) groups excluding carboxylic acids is 17. The Bertz CT molecular complexity index is 5240. The van der Waals surface area contributed by atoms with Crippen LogP contribution in [0, 0.1) is 5.92 Å². The molecule has 8 rings (SSSR count). The molecule has 0 radical (unpaired) electrons. The number of fused-ring (bicyclic) bond motifs is 2. The summed E-state index contributed by atoms with van der Waals surface area (Å²) < 4.78 is 0. The van der Waals surface area contributed by atoms with Crippen LogP contribution in [0.2, 0.25) is 0 Å². The molecule has 0 aliphatic carbocycles. The lowest BCUT2D eigenvalue weighted by Crippen LogP contribution is -2.61. The summed E-state index contributed by atoms with van der Waals surface area (Å²) >= 11 is 0.841. The summed E-state index contributed by atoms with van der Waals surface area (Å²) in [5, 5.41) is 64.6. The van der Waals surface area contributed by atoms with Gasteiger partial charge in [0.1, 0.15) is 90.3 Å². The summed E-state index contributed by atoms with van der Waals surface area (Å²) in [4.78, 5) is 277. The van der Waals surface area contributed by atoms with Crippen LogP contribution in [0.3, 0.4) is 0 Å². The number of phenolic OH excluding ortho intramolecular Hbond substituents is 1. The first-order valence-electron chi connectivity index (χ1n) is 47.5. The number of unbranched alkanes of at least 4 members (excludes halogenated alkanes) is 6. The molecule has 2 saturated heterocycles. The van der Waals surface area contributed by atoms with Crippen LogP contribution in [0.4, 0.5) is 0 Å². The molecule has 0 spiro atoms. The lowest BCUT2D eigenvalue weighted by molar-refractivity contribution is -0.150. The Morgan fingerprint density at radius 3 is 1.69 bits per heavy atom. The number of aromatic amines is 2. The van der Waals surface area contributed by atoms with E-state index in [1.165, 1.54) is 83.6 Å². The Kier molecular flexibility index (Phi) is 43.9. The number of hydrogen-bond acceptors (Lipinski definition) is 22. The number of carboxylic acid groups (broad SMARTS) is 1. The molecule has 2 aromatic heterocycles. The van der Waals surface area contributed by atoms with Crippen molar-refractivity contribution in [2.75, 3.05) is 65.9 Å². The summed E-state index contributed by atoms with van der Waals surface area (Å²) in [6.45, 7) is 11.1. The Morgan fingerprint density at radius 2 is 1.06 bits per heavy atom. The number of carbonyl (C=O) groups is 18. The standard InChI is InChI=1S/C98H136N20O21S/c1-13-15-16-17-18-19-26-37-79(121)100-42-43-101-87(128)75-54-140-55-81(123)106-72(48-65-51-102-70-35-28-27-34-68(65)70)91(132)113-84(61(8)119)97(138)114(9)53-80(122)107-74(50-82(124)125)95(136)117(12)78(47-63-32-24-21-25-33-63)96(137)116(11)77(46-62-30-22-20-23-31-62)93(134)105-59(6)94(135)115(10)60(7)86(127)109-73(49-66-52-99-56-103-66)90(131)110-71(45-64-38-40-67(120)41-39-64)89(130)108-69(14-2)88(129)112-83(57(3)4)98(139)118-44-29-36-76(118)92(133)104-58(5)85(126)111-75/h20-25,27-28,30-35,38-41,51-52,56-61,69,71-78,83-84,102,119-120H,13-19,26,29,36-37,42-50,53-55H2,1-12H3,(H,99,103)(H,100,121)(H,101,128)(H,104,133)(H,105,134)(H,106,123)(H,107,122)(H,108,130)(H,109,127)(H,110,131)(H,111,126)(H,112,129)(H,113,132)(H,124,125)/t58-,59-,60-,61+,69-,71-,72-,73-,74-,75-,76-,77-,78-,83?,84-/m0/s1. The topological polar surface area (TPSA) is 573 Å². The number of carboxylic acids is 1. The number of phenols is 1. The molecule has 2 aliphatic rings. The van der Waals surface area contributed by atoms with Crippen molar-refractivity contribution in [3.8, 4) is 5.75 Å². The minimum atomic E-state index is -1.97. The number of rotatable bonds is 27. The van der Waals surface area contributed by atoms with Crippen LogP contribution in [-0.4, -0.2) is 318 Å². The second kappa shape index (κ2) is 55.1. The highest BCUT2D eigenvalue weighted by Gasteiger charge is 2.44. The van der Waals surface area contributed by atoms with E-state index in [0.717, 1.165) is 83.9 Å². The van der Waals surface area contributed by atoms with Crippen molar-refractivity contribution < 1.29 is 102 Å². The highest BCUT2D eigenvalue weighted by molar-refractivity contribution is 8.00. The van der Waals surface area contributed by atoms with Crippen LogP contribution < -0.4 is 63.8 Å². The Morgan fingerprint density at radius 1 is 0.507 bits per heavy atom. The third-order valence-corrected chi connectivity index (χ3v) is 25.8. The van der Waals surface area contributed by atoms with Crippen LogP contribution in [0.5, 0.6) is 5.75 Å². The Labute approximate surface area is 818 Å². The molecule has 140 heavy (non-hydrogen) atoms. The third kappa shape index (κ3) is 33.5. The number of benzene rings is 4. The Balaban J connectivity index is 1.13. The number of likely N-dealkylation sites (N-methyl/N-ethyl adjacent to an activating group) is 4. The van der Waals surface area contributed by atoms with Gasteiger partial charge in [-0.25, -0.2) is 4.98 Å². The fourth-order valence-corrected chi connectivity index (χ4v) is 17.2. The molecule has 760 valence electrons. The number of amides is 17. The van der Waals surface area contributed by atoms with Crippen molar-refractivity contribution in [2.45, 2.75) is 255 Å². The van der Waals surface area contributed by atoms with Gasteiger partial charge < -0.3 is 114 Å². The van der Waals surface area contributed by atoms with Crippen LogP contribution in [0.1, 0.15) is 160 Å². The second-order valence-electron chi connectivity index (χ2n) is 36.0. The lowest BCUT2D eigenvalue weighted by atomic mass is 9.99. The molecule has 15 atom stereocenters. The first kappa shape index (κ1) is 111. The van der Waals surface area contributed by atoms with Crippen molar-refractivity contribution >= 4 is 129 Å². The van der Waals surface area contributed by atoms with E-state index in [1.807, 2.05) is 0 Å². The monoisotopic (exact) mass is 1960 g/mol. The van der Waals surface area contributed by atoms with Crippen LogP contribution in [0.15, 0.2) is 128 Å². The molecule has 2 aliphatic heterocycles. The Hall–Kier alpha value is -13.8. The summed E-state index contributed by atoms with van der Waals surface area (Å²) in [6.07, 6.45) is 7.68. The van der Waals surface area contributed by atoms with Gasteiger partial charge in [-0.15, -0.1) is 11.8 Å². The van der Waals surface area contributed by atoms with Gasteiger partial charge in [0.05, 0.1) is 31.1 Å². The van der Waals surface area contributed by atoms with Crippen molar-refractivity contribution in [3.05, 3.63) is 156 Å². The fraction of sp³-hybridized carbons (Fsp3) is 0.520. The van der Waals surface area contributed by atoms with E-state index in [4.69, 9.17) is 0 Å². The molecule has 17 amide bonds. The van der Waals surface area contributed by atoms with Gasteiger partial charge in [0, 0.05) is 121 Å². The maximum Gasteiger partial charge on any atom is 0.305 e. The zero-order chi connectivity index (χ0) is 103. The minimum absolute atomic E-state index is 0.00368. The number of aromatic nitrogens is 3. The average molecular weight is 1960 g/mol. The molecular formula is C98H136N20O21S. The molecule has 1 unspecified atom stereocenters. The number of aliphatic hydroxyl groups excluding tert-OH is 1. The van der Waals surface area contributed by atoms with Crippen LogP contribution >= 0.6 is 11.8 Å². The van der Waals surface area contributed by atoms with Gasteiger partial charge in [0.2, 0.25) is 100 Å². The highest BCUT2D eigenvalue weighted by atomic mass is 32.2. The molecule has 41 nitrogen and oxygen atoms in total. The first-order valence-corrected chi connectivity index (χ1v) is 48.6. The van der Waals surface area contributed by atoms with E-state index < -0.39 is 216 Å². The van der Waals surface area contributed by atoms with E-state index >= 15 is 14.4 Å². The molecule has 6 aromatic rings. The van der Waals surface area contributed by atoms with Gasteiger partial charge in [0.15, 0.2) is 0 Å². The van der Waals surface area contributed by atoms with Gasteiger partial charge in [-0.1, -0.05) is 157 Å². The van der Waals surface area contributed by atoms with E-state index in [-0.39, 0.29) is 88.4 Å². The number of H-pyrrole nitrogens is 2. The van der Waals surface area contributed by atoms with Crippen molar-refractivity contribution in [3.63, 3.8) is 0 Å². The van der Waals surface area contributed by atoms with Crippen LogP contribution in [-0.2, 0) is 118 Å². The van der Waals surface area contributed by atoms with Gasteiger partial charge >= 0.3 is 5.97 Å². The van der Waals surface area contributed by atoms with E-state index in [9.17, 15) is 87.2 Å². The quantitative estimate of drug-likeness (QED) is 0.0320. The normalized spacial score (nSPS) is 23.8. The van der Waals surface area contributed by atoms with E-state index in [1.54, 1.807) is 112 Å². The van der Waals surface area contributed by atoms with Gasteiger partial charge in [-0.05, 0) is 99.7 Å². The van der Waals surface area contributed by atoms with Crippen molar-refractivity contribution in [1.82, 2.24) is 103 Å². The molecule has 0 bridgehead atoms. The first-order chi connectivity index (χ1) is 66.7. The smallest absolute Gasteiger partial charge is 0.305 e. The van der Waals surface area contributed by atoms with Crippen molar-refractivity contribution in [1.29, 1.82) is 0 Å². The van der Waals surface area contributed by atoms with Gasteiger partial charge in [0.25, 0.3) is 0 Å². The SMILES string of the molecule is CCCCCCCCCC(=O)NCCNC(=O)[C@@H]1CSCC(=O)N[C@@H](Cc2c[nH]c3ccccc23)C(=O)N[C@@H]([C@@H](C)O)C(=O)N(C)CC(=O)N[C@@H](CC(=O)O)C(=O)N(C)[C@@H](Cc2ccccc2)C(=O)N(C)[C@@H](Cc2ccccc2)C(=O)N[C@@H](C)C(=O)N(C)[C@@H](C)C(=O)N[C@@H](Cc2cnc[nH]2)C(=O)N[C@@H](Cc2ccc(O)cc2)C(=O)N[C@@H](CC)C(=O)NC(C(C)C)C(=O)N2CCC[C@H]2C(=O)N[C@@H](C)C(=O)N1. The number of imidazole rings is 1. The molecule has 2 fully saturated rings. The van der Waals surface area contributed by atoms with Crippen molar-refractivity contribution in [2.24, 2.45) is 5.92 Å². The summed E-state index contributed by atoms with van der Waals surface area (Å²) in [5.74, 6) is -18.0. The number of thioether (sulfide) groups is 1. The molecule has 4 aromatic carbocycles. The number of para-hydroxylation sites is 1. The number of nitrogens with one attached hydrogen (secondary N) is 14. The minimum Gasteiger partial charge on any atom is -0.508 e. The number of nitrogens with zero attached hydrogens (tertiary/aromatic N) is 6. The van der Waals surface area contributed by atoms with Gasteiger partial charge in [-0.2, -0.15) is 0 Å². The summed E-state index contributed by atoms with van der Waals surface area (Å²) in [7, 11) is 4.84. The number of aliphatic hydroxyl groups is 1. The number of hydrogen-bond donors (Lipinski definition) is 17. The number of aliphatic carboxylic acids is 1. The van der Waals surface area contributed by atoms with Crippen LogP contribution in [0.25, 0.3) is 10.9 Å². The average Bonchev–Trinajstić information content (AvgIpc) is 1.57. The maximum absolute atomic E-state index is 15.6. The molecule has 4 heterocycles. The molecule has 42 heteroatoms. The second-order valence-corrected chi connectivity index (χ2v) is 37.0. The summed E-state index contributed by atoms with van der Waals surface area (Å²) in [5.41, 5.74) is 2.89. The van der Waals surface area contributed by atoms with E-state index in [2.05, 4.69) is 85.7 Å². The van der Waals surface area contributed by atoms with E-state index in [0.29, 0.717) is 51.7 Å². The molecule has 0 saturated carbocycles. The zero-order valence-electron chi connectivity index (χ0n) is 81.4. The third-order valence-electron chi connectivity index (χ3n) is 24.8. The van der Waals surface area contributed by atoms with Gasteiger partial charge in [-0.3, -0.25) is 86.3 Å². The summed E-state index contributed by atoms with van der Waals surface area (Å²) in [6, 6.07) is 8.14. The fourth-order valence-electron chi connectivity index (χ4n) is 16.4. The number of aromatic hydroxyl groups is 1. The lowest BCUT2D eigenvalue weighted by Gasteiger charge is -2.36. The maximum atomic E-state index is 15.6. The molecule has 17 N–H and O–H groups in total. The zero-order valence-corrected chi connectivity index (χ0v) is 82.2. The highest BCUT2D eigenvalue weighted by Crippen LogP contribution is 2.25. The largest absolute Gasteiger partial charge is 0.508 e. The predicted molar refractivity (Wildman–Crippen MR) is 520 cm³/mol. The molecular weight excluding hydrogens is 1830 g/mol.